The first-order valence-corrected chi connectivity index (χ1v) is 29.5. The van der Waals surface area contributed by atoms with Crippen LogP contribution in [0, 0.1) is 24.2 Å². The predicted octanol–water partition coefficient (Wildman–Crippen LogP) is 6.05. The van der Waals surface area contributed by atoms with Crippen LogP contribution >= 0.6 is 11.6 Å². The second-order valence-corrected chi connectivity index (χ2v) is 19.9. The van der Waals surface area contributed by atoms with Gasteiger partial charge in [0.2, 0.25) is 17.7 Å². The average molecular weight is 1220 g/mol. The lowest BCUT2D eigenvalue weighted by Crippen LogP contribution is -2.46. The number of ether oxygens (including phenoxy) is 6. The van der Waals surface area contributed by atoms with Gasteiger partial charge in [-0.2, -0.15) is 13.2 Å². The number of imidazole rings is 1. The standard InChI is InChI=1S/C60H86ClF3N10O11/c1-48-11-12-50(44-49(48)13-16-53-46-69-55(71-53)10-8-21-65)59(78)72-52-15-14-51(54(45-52)60(62,63)64)47-74-29-27-73(28-30-74)26-9-24-68-58(77)19-34-81-38-37-80-32-17-56(75)66-22-5-6-23-67-57(76)18-33-82-39-41-84-42-43-85-70-25-35-83-40-36-79-31-7-3-2-4-20-61/h5-6,8,10-12,14-15,21,44-46,65,70H,2-4,7,9,17-20,22-43,47H2,1H3,(H,66,75)(H,67,76)(H,68,77)(H,69,71)(H,72,78)/b6-5+,10-8-,65-21?. The molecule has 4 amide bonds. The van der Waals surface area contributed by atoms with Gasteiger partial charge in [-0.3, -0.25) is 28.9 Å². The Balaban J connectivity index is 0.922. The van der Waals surface area contributed by atoms with E-state index in [0.717, 1.165) is 56.7 Å². The molecule has 1 fully saturated rings. The fourth-order valence-corrected chi connectivity index (χ4v) is 8.30. The Kier molecular flexibility index (Phi) is 37.3. The van der Waals surface area contributed by atoms with Crippen molar-refractivity contribution >= 4 is 53.2 Å². The van der Waals surface area contributed by atoms with E-state index in [2.05, 4.69) is 53.5 Å². The molecule has 0 radical (unpaired) electrons. The fourth-order valence-electron chi connectivity index (χ4n) is 8.11. The van der Waals surface area contributed by atoms with Crippen LogP contribution < -0.4 is 26.7 Å². The lowest BCUT2D eigenvalue weighted by Gasteiger charge is -2.35. The number of hydrogen-bond donors (Lipinski definition) is 7. The fraction of sp³-hybridized carbons (Fsp3) is 0.567. The summed E-state index contributed by atoms with van der Waals surface area (Å²) in [7, 11) is 0. The molecule has 0 aliphatic carbocycles. The highest BCUT2D eigenvalue weighted by atomic mass is 35.5. The van der Waals surface area contributed by atoms with Crippen molar-refractivity contribution in [3.05, 3.63) is 100 Å². The summed E-state index contributed by atoms with van der Waals surface area (Å²) in [6.45, 7) is 11.9. The Morgan fingerprint density at radius 1 is 0.694 bits per heavy atom. The number of halogens is 4. The van der Waals surface area contributed by atoms with Gasteiger partial charge in [-0.05, 0) is 86.2 Å². The minimum Gasteiger partial charge on any atom is -0.379 e. The maximum Gasteiger partial charge on any atom is 0.416 e. The summed E-state index contributed by atoms with van der Waals surface area (Å²) in [6.07, 6.45) is 10.3. The van der Waals surface area contributed by atoms with Crippen LogP contribution in [0.4, 0.5) is 18.9 Å². The minimum atomic E-state index is -4.64. The minimum absolute atomic E-state index is 0.0221. The number of aromatic amines is 1. The number of benzene rings is 2. The Labute approximate surface area is 502 Å². The van der Waals surface area contributed by atoms with Crippen molar-refractivity contribution in [3.63, 3.8) is 0 Å². The lowest BCUT2D eigenvalue weighted by atomic mass is 10.0. The van der Waals surface area contributed by atoms with E-state index in [-0.39, 0.29) is 93.4 Å². The van der Waals surface area contributed by atoms with Crippen LogP contribution in [0.25, 0.3) is 6.08 Å². The molecule has 25 heteroatoms. The molecule has 1 saturated heterocycles. The topological polar surface area (TPSA) is 252 Å². The van der Waals surface area contributed by atoms with Gasteiger partial charge in [-0.15, -0.1) is 11.6 Å². The quantitative estimate of drug-likeness (QED) is 0.00849. The maximum absolute atomic E-state index is 14.4. The molecule has 7 N–H and O–H groups in total. The molecule has 1 aliphatic rings. The van der Waals surface area contributed by atoms with Crippen LogP contribution in [0.3, 0.4) is 0 Å². The number of amides is 4. The van der Waals surface area contributed by atoms with Crippen LogP contribution in [0.1, 0.15) is 95.5 Å². The van der Waals surface area contributed by atoms with Gasteiger partial charge in [0, 0.05) is 114 Å². The monoisotopic (exact) mass is 1210 g/mol. The number of alkyl halides is 4. The number of anilines is 1. The van der Waals surface area contributed by atoms with Crippen molar-refractivity contribution in [1.82, 2.24) is 41.2 Å². The molecule has 2 heterocycles. The van der Waals surface area contributed by atoms with E-state index in [1.54, 1.807) is 42.6 Å². The van der Waals surface area contributed by atoms with Crippen LogP contribution in [-0.4, -0.2) is 200 Å². The number of piperazine rings is 1. The van der Waals surface area contributed by atoms with Crippen LogP contribution in [0.5, 0.6) is 0 Å². The van der Waals surface area contributed by atoms with E-state index in [1.807, 2.05) is 11.8 Å². The van der Waals surface area contributed by atoms with Crippen molar-refractivity contribution in [2.45, 2.75) is 71.0 Å². The summed E-state index contributed by atoms with van der Waals surface area (Å²) in [4.78, 5) is 66.4. The average Bonchev–Trinajstić information content (AvgIpc) is 3.51. The van der Waals surface area contributed by atoms with Gasteiger partial charge in [0.05, 0.1) is 91.0 Å². The van der Waals surface area contributed by atoms with Crippen molar-refractivity contribution in [2.75, 3.05) is 156 Å². The van der Waals surface area contributed by atoms with Gasteiger partial charge in [0.1, 0.15) is 11.5 Å². The van der Waals surface area contributed by atoms with E-state index < -0.39 is 17.6 Å². The molecule has 1 aliphatic heterocycles. The van der Waals surface area contributed by atoms with Crippen molar-refractivity contribution in [3.8, 4) is 11.8 Å². The molecule has 4 rings (SSSR count). The molecule has 0 unspecified atom stereocenters. The molecule has 0 saturated carbocycles. The van der Waals surface area contributed by atoms with Crippen LogP contribution in [0.2, 0.25) is 0 Å². The number of hydroxylamine groups is 1. The number of unbranched alkanes of at least 4 members (excludes halogenated alkanes) is 3. The Bertz CT molecular complexity index is 2540. The number of rotatable bonds is 45. The normalized spacial score (nSPS) is 13.0. The largest absolute Gasteiger partial charge is 0.416 e. The number of allylic oxidation sites excluding steroid dienone is 1. The Morgan fingerprint density at radius 3 is 1.94 bits per heavy atom. The highest BCUT2D eigenvalue weighted by Crippen LogP contribution is 2.35. The van der Waals surface area contributed by atoms with Gasteiger partial charge in [-0.1, -0.05) is 43.0 Å². The van der Waals surface area contributed by atoms with E-state index in [9.17, 15) is 32.3 Å². The number of hydrogen-bond acceptors (Lipinski definition) is 16. The molecule has 21 nitrogen and oxygen atoms in total. The molecular formula is C60H86ClF3N10O11. The van der Waals surface area contributed by atoms with E-state index >= 15 is 0 Å². The first-order valence-electron chi connectivity index (χ1n) is 29.0. The summed E-state index contributed by atoms with van der Waals surface area (Å²) >= 11 is 5.67. The van der Waals surface area contributed by atoms with Crippen molar-refractivity contribution in [1.29, 1.82) is 5.41 Å². The maximum atomic E-state index is 14.4. The molecule has 470 valence electrons. The van der Waals surface area contributed by atoms with Crippen LogP contribution in [0.15, 0.2) is 60.8 Å². The SMILES string of the molecule is Cc1ccc(C(=O)Nc2ccc(CN3CCN(CCCNC(=O)CCOCCOCCC(=O)NC/C=C/CNC(=O)CCOCCOCCONCCOCCOCCCCCCCl)CC3)c(C(F)(F)F)c2)cc1C#Cc1cnc(/C=C\C=N)[nH]1. The first-order chi connectivity index (χ1) is 41.3. The van der Waals surface area contributed by atoms with Gasteiger partial charge in [-0.25, -0.2) is 10.5 Å². The van der Waals surface area contributed by atoms with Gasteiger partial charge in [0.15, 0.2) is 0 Å². The molecule has 1 aromatic heterocycles. The van der Waals surface area contributed by atoms with E-state index in [4.69, 9.17) is 50.3 Å². The number of aromatic nitrogens is 2. The Morgan fingerprint density at radius 2 is 1.29 bits per heavy atom. The molecule has 85 heavy (non-hydrogen) atoms. The predicted molar refractivity (Wildman–Crippen MR) is 319 cm³/mol. The zero-order valence-corrected chi connectivity index (χ0v) is 49.7. The number of nitrogens with one attached hydrogen (secondary N) is 7. The zero-order valence-electron chi connectivity index (χ0n) is 48.9. The van der Waals surface area contributed by atoms with Crippen molar-refractivity contribution in [2.24, 2.45) is 0 Å². The zero-order chi connectivity index (χ0) is 61.0. The lowest BCUT2D eigenvalue weighted by molar-refractivity contribution is -0.138. The van der Waals surface area contributed by atoms with Crippen LogP contribution in [-0.2, 0) is 60.4 Å². The number of H-pyrrole nitrogens is 1. The van der Waals surface area contributed by atoms with E-state index in [1.165, 1.54) is 18.2 Å². The molecule has 0 bridgehead atoms. The van der Waals surface area contributed by atoms with Gasteiger partial charge < -0.3 is 65.0 Å². The van der Waals surface area contributed by atoms with Gasteiger partial charge in [0.25, 0.3) is 5.91 Å². The molecule has 0 atom stereocenters. The molecular weight excluding hydrogens is 1130 g/mol. The van der Waals surface area contributed by atoms with Crippen molar-refractivity contribution < 1.29 is 65.6 Å². The first kappa shape index (κ1) is 71.4. The second kappa shape index (κ2) is 44.4. The summed E-state index contributed by atoms with van der Waals surface area (Å²) in [6, 6.07) is 8.78. The Hall–Kier alpha value is -6.08. The summed E-state index contributed by atoms with van der Waals surface area (Å²) in [5, 5.41) is 18.1. The number of aryl methyl sites for hydroxylation is 1. The smallest absolute Gasteiger partial charge is 0.379 e. The molecule has 2 aromatic carbocycles. The van der Waals surface area contributed by atoms with Gasteiger partial charge >= 0.3 is 6.18 Å². The van der Waals surface area contributed by atoms with E-state index in [0.29, 0.717) is 128 Å². The molecule has 0 spiro atoms. The second-order valence-electron chi connectivity index (χ2n) is 19.5. The third kappa shape index (κ3) is 33.4. The summed E-state index contributed by atoms with van der Waals surface area (Å²) < 4.78 is 76.1. The number of carbonyl (C=O) groups is 4. The molecule has 3 aromatic rings. The summed E-state index contributed by atoms with van der Waals surface area (Å²) in [5.74, 6) is 6.18. The third-order valence-electron chi connectivity index (χ3n) is 12.8. The number of carbonyl (C=O) groups excluding carboxylic acids is 4. The third-order valence-corrected chi connectivity index (χ3v) is 13.0. The number of nitrogens with zero attached hydrogens (tertiary/aromatic N) is 3. The summed E-state index contributed by atoms with van der Waals surface area (Å²) in [5.41, 5.74) is 4.30. The highest BCUT2D eigenvalue weighted by Gasteiger charge is 2.34. The highest BCUT2D eigenvalue weighted by molar-refractivity contribution is 6.17.